The summed E-state index contributed by atoms with van der Waals surface area (Å²) in [5.74, 6) is 0. The summed E-state index contributed by atoms with van der Waals surface area (Å²) in [7, 11) is 1.94. The molecule has 0 aromatic heterocycles. The topological polar surface area (TPSA) is 32.8 Å². The summed E-state index contributed by atoms with van der Waals surface area (Å²) in [6.45, 7) is 5.23. The lowest BCUT2D eigenvalue weighted by atomic mass is 10.0. The minimum atomic E-state index is -0.475. The first-order valence-corrected chi connectivity index (χ1v) is 7.34. The maximum atomic E-state index is 12.3. The number of halogens is 2. The number of piperidine rings is 1. The molecule has 18 heavy (non-hydrogen) atoms. The van der Waals surface area contributed by atoms with Gasteiger partial charge in [0.05, 0.1) is 0 Å². The molecule has 106 valence electrons. The number of amides is 1. The second kappa shape index (κ2) is 6.88. The lowest BCUT2D eigenvalue weighted by Gasteiger charge is -2.36. The molecule has 6 heteroatoms. The normalized spacial score (nSPS) is 18.2. The van der Waals surface area contributed by atoms with E-state index in [1.54, 1.807) is 4.90 Å². The van der Waals surface area contributed by atoms with Crippen molar-refractivity contribution in [3.05, 3.63) is 0 Å². The third-order valence-corrected chi connectivity index (χ3v) is 3.33. The SMILES string of the molecule is CN(CCF)C1CCN(C(=O)OC(C)(C)I)CC1. The molecular formula is C12H22FIN2O2. The van der Waals surface area contributed by atoms with Gasteiger partial charge in [0.1, 0.15) is 6.67 Å². The highest BCUT2D eigenvalue weighted by molar-refractivity contribution is 14.1. The molecule has 1 amide bonds. The maximum absolute atomic E-state index is 12.3. The molecular weight excluding hydrogens is 350 g/mol. The molecule has 1 saturated heterocycles. The van der Waals surface area contributed by atoms with Crippen molar-refractivity contribution in [1.82, 2.24) is 9.80 Å². The molecule has 0 atom stereocenters. The first-order chi connectivity index (χ1) is 8.33. The number of rotatable bonds is 4. The van der Waals surface area contributed by atoms with Crippen LogP contribution in [0.25, 0.3) is 0 Å². The molecule has 0 spiro atoms. The van der Waals surface area contributed by atoms with Crippen molar-refractivity contribution in [2.75, 3.05) is 33.4 Å². The van der Waals surface area contributed by atoms with Crippen LogP contribution in [0.5, 0.6) is 0 Å². The van der Waals surface area contributed by atoms with Crippen LogP contribution in [-0.2, 0) is 4.74 Å². The Labute approximate surface area is 122 Å². The Morgan fingerprint density at radius 1 is 1.50 bits per heavy atom. The van der Waals surface area contributed by atoms with Gasteiger partial charge in [-0.1, -0.05) is 0 Å². The predicted molar refractivity (Wildman–Crippen MR) is 77.8 cm³/mol. The van der Waals surface area contributed by atoms with E-state index in [2.05, 4.69) is 22.6 Å². The highest BCUT2D eigenvalue weighted by atomic mass is 127. The maximum Gasteiger partial charge on any atom is 0.411 e. The lowest BCUT2D eigenvalue weighted by molar-refractivity contribution is 0.0525. The fourth-order valence-electron chi connectivity index (χ4n) is 2.08. The average molecular weight is 372 g/mol. The molecule has 1 heterocycles. The van der Waals surface area contributed by atoms with E-state index < -0.39 is 3.61 Å². The number of alkyl halides is 2. The Hall–Kier alpha value is -0.110. The first-order valence-electron chi connectivity index (χ1n) is 6.26. The van der Waals surface area contributed by atoms with Crippen LogP contribution >= 0.6 is 22.6 Å². The predicted octanol–water partition coefficient (Wildman–Crippen LogP) is 2.66. The van der Waals surface area contributed by atoms with Crippen LogP contribution in [0.3, 0.4) is 0 Å². The molecule has 0 unspecified atom stereocenters. The molecule has 1 aliphatic rings. The van der Waals surface area contributed by atoms with Crippen LogP contribution in [0.2, 0.25) is 0 Å². The van der Waals surface area contributed by atoms with Crippen molar-refractivity contribution < 1.29 is 13.9 Å². The molecule has 0 bridgehead atoms. The second-order valence-electron chi connectivity index (χ2n) is 5.12. The number of carbonyl (C=O) groups excluding carboxylic acids is 1. The molecule has 0 saturated carbocycles. The number of likely N-dealkylation sites (tertiary alicyclic amines) is 1. The lowest BCUT2D eigenvalue weighted by Crippen LogP contribution is -2.47. The van der Waals surface area contributed by atoms with Gasteiger partial charge >= 0.3 is 6.09 Å². The fourth-order valence-corrected chi connectivity index (χ4v) is 2.27. The van der Waals surface area contributed by atoms with Crippen LogP contribution in [-0.4, -0.2) is 58.9 Å². The van der Waals surface area contributed by atoms with Crippen LogP contribution in [0.1, 0.15) is 26.7 Å². The Kier molecular flexibility index (Phi) is 6.10. The van der Waals surface area contributed by atoms with Crippen LogP contribution in [0.4, 0.5) is 9.18 Å². The summed E-state index contributed by atoms with van der Waals surface area (Å²) in [5.41, 5.74) is 0. The van der Waals surface area contributed by atoms with Gasteiger partial charge in [0, 0.05) is 25.7 Å². The van der Waals surface area contributed by atoms with Gasteiger partial charge in [0.2, 0.25) is 0 Å². The summed E-state index contributed by atoms with van der Waals surface area (Å²) in [6.07, 6.45) is 1.52. The van der Waals surface area contributed by atoms with Gasteiger partial charge in [0.25, 0.3) is 0 Å². The van der Waals surface area contributed by atoms with Gasteiger partial charge in [-0.25, -0.2) is 9.18 Å². The molecule has 0 N–H and O–H groups in total. The van der Waals surface area contributed by atoms with Gasteiger partial charge in [-0.2, -0.15) is 0 Å². The van der Waals surface area contributed by atoms with Gasteiger partial charge < -0.3 is 14.5 Å². The van der Waals surface area contributed by atoms with Crippen LogP contribution < -0.4 is 0 Å². The molecule has 1 rings (SSSR count). The third kappa shape index (κ3) is 5.26. The molecule has 0 aromatic rings. The van der Waals surface area contributed by atoms with E-state index >= 15 is 0 Å². The molecule has 0 aromatic carbocycles. The molecule has 4 nitrogen and oxygen atoms in total. The number of nitrogens with zero attached hydrogens (tertiary/aromatic N) is 2. The zero-order chi connectivity index (χ0) is 13.8. The van der Waals surface area contributed by atoms with E-state index in [1.165, 1.54) is 0 Å². The molecule has 0 aliphatic carbocycles. The minimum absolute atomic E-state index is 0.249. The molecule has 1 aliphatic heterocycles. The van der Waals surface area contributed by atoms with Crippen LogP contribution in [0, 0.1) is 0 Å². The summed E-state index contributed by atoms with van der Waals surface area (Å²) < 4.78 is 17.1. The van der Waals surface area contributed by atoms with E-state index in [0.717, 1.165) is 12.8 Å². The zero-order valence-corrected chi connectivity index (χ0v) is 13.4. The third-order valence-electron chi connectivity index (χ3n) is 3.11. The van der Waals surface area contributed by atoms with E-state index in [1.807, 2.05) is 25.8 Å². The van der Waals surface area contributed by atoms with Gasteiger partial charge in [-0.05, 0) is 56.3 Å². The average Bonchev–Trinajstić information content (AvgIpc) is 2.27. The Bertz CT molecular complexity index is 276. The quantitative estimate of drug-likeness (QED) is 0.562. The van der Waals surface area contributed by atoms with Gasteiger partial charge in [0.15, 0.2) is 3.61 Å². The monoisotopic (exact) mass is 372 g/mol. The number of hydrogen-bond donors (Lipinski definition) is 0. The second-order valence-corrected chi connectivity index (χ2v) is 7.72. The molecule has 1 fully saturated rings. The van der Waals surface area contributed by atoms with Gasteiger partial charge in [-0.15, -0.1) is 0 Å². The van der Waals surface area contributed by atoms with Crippen molar-refractivity contribution in [1.29, 1.82) is 0 Å². The van der Waals surface area contributed by atoms with Crippen molar-refractivity contribution in [2.45, 2.75) is 36.3 Å². The Morgan fingerprint density at radius 3 is 2.50 bits per heavy atom. The summed E-state index contributed by atoms with van der Waals surface area (Å²) in [6, 6.07) is 0.373. The number of hydrogen-bond acceptors (Lipinski definition) is 3. The van der Waals surface area contributed by atoms with Crippen LogP contribution in [0.15, 0.2) is 0 Å². The van der Waals surface area contributed by atoms with Gasteiger partial charge in [-0.3, -0.25) is 0 Å². The standard InChI is InChI=1S/C12H22FIN2O2/c1-12(2,14)18-11(17)16-7-4-10(5-8-16)15(3)9-6-13/h10H,4-9H2,1-3H3. The highest BCUT2D eigenvalue weighted by Gasteiger charge is 2.28. The molecule has 0 radical (unpaired) electrons. The highest BCUT2D eigenvalue weighted by Crippen LogP contribution is 2.22. The van der Waals surface area contributed by atoms with Crippen molar-refractivity contribution in [3.63, 3.8) is 0 Å². The van der Waals surface area contributed by atoms with Crippen molar-refractivity contribution in [2.24, 2.45) is 0 Å². The number of carbonyl (C=O) groups is 1. The van der Waals surface area contributed by atoms with E-state index in [0.29, 0.717) is 25.7 Å². The van der Waals surface area contributed by atoms with E-state index in [4.69, 9.17) is 4.74 Å². The minimum Gasteiger partial charge on any atom is -0.433 e. The zero-order valence-electron chi connectivity index (χ0n) is 11.3. The smallest absolute Gasteiger partial charge is 0.411 e. The van der Waals surface area contributed by atoms with E-state index in [9.17, 15) is 9.18 Å². The summed E-state index contributed by atoms with van der Waals surface area (Å²) >= 11 is 2.09. The summed E-state index contributed by atoms with van der Waals surface area (Å²) in [4.78, 5) is 15.6. The number of ether oxygens (including phenoxy) is 1. The Balaban J connectivity index is 2.37. The largest absolute Gasteiger partial charge is 0.433 e. The van der Waals surface area contributed by atoms with Crippen molar-refractivity contribution in [3.8, 4) is 0 Å². The van der Waals surface area contributed by atoms with E-state index in [-0.39, 0.29) is 12.8 Å². The fraction of sp³-hybridized carbons (Fsp3) is 0.917. The summed E-state index contributed by atoms with van der Waals surface area (Å²) in [5, 5.41) is 0. The Morgan fingerprint density at radius 2 is 2.06 bits per heavy atom. The van der Waals surface area contributed by atoms with Crippen molar-refractivity contribution >= 4 is 28.7 Å². The first kappa shape index (κ1) is 15.9.